The number of Topliss-reactive ketones (excluding diaryl/α,β-unsaturated/α-hetero) is 1. The first-order valence-corrected chi connectivity index (χ1v) is 6.17. The lowest BCUT2D eigenvalue weighted by Gasteiger charge is -2.21. The van der Waals surface area contributed by atoms with Gasteiger partial charge < -0.3 is 14.5 Å². The molecule has 1 aliphatic rings. The van der Waals surface area contributed by atoms with E-state index in [9.17, 15) is 4.79 Å². The van der Waals surface area contributed by atoms with Crippen LogP contribution in [0, 0.1) is 0 Å². The van der Waals surface area contributed by atoms with Crippen molar-refractivity contribution < 1.29 is 13.9 Å². The van der Waals surface area contributed by atoms with Gasteiger partial charge in [0.25, 0.3) is 0 Å². The van der Waals surface area contributed by atoms with Gasteiger partial charge in [-0.2, -0.15) is 0 Å². The molecule has 1 aromatic heterocycles. The van der Waals surface area contributed by atoms with E-state index in [4.69, 9.17) is 20.8 Å². The topological polar surface area (TPSA) is 51.5 Å². The van der Waals surface area contributed by atoms with Crippen molar-refractivity contribution in [2.24, 2.45) is 0 Å². The number of carbonyl (C=O) groups excluding carboxylic acids is 1. The molecule has 1 N–H and O–H groups in total. The van der Waals surface area contributed by atoms with Crippen LogP contribution in [0.15, 0.2) is 28.7 Å². The number of rotatable bonds is 2. The quantitative estimate of drug-likeness (QED) is 0.847. The minimum absolute atomic E-state index is 0.130. The molecular formula is C13H12ClNO3. The summed E-state index contributed by atoms with van der Waals surface area (Å²) in [5.74, 6) is 0.190. The third-order valence-electron chi connectivity index (χ3n) is 2.94. The Bertz CT molecular complexity index is 587. The predicted molar refractivity (Wildman–Crippen MR) is 68.2 cm³/mol. The van der Waals surface area contributed by atoms with Crippen LogP contribution in [0.5, 0.6) is 0 Å². The molecule has 0 aliphatic carbocycles. The van der Waals surface area contributed by atoms with Gasteiger partial charge in [0, 0.05) is 23.5 Å². The molecule has 1 atom stereocenters. The van der Waals surface area contributed by atoms with Crippen LogP contribution >= 0.6 is 11.6 Å². The molecule has 0 bridgehead atoms. The fraction of sp³-hybridized carbons (Fsp3) is 0.308. The zero-order chi connectivity index (χ0) is 12.5. The lowest BCUT2D eigenvalue weighted by Crippen LogP contribution is -2.42. The summed E-state index contributed by atoms with van der Waals surface area (Å²) in [5, 5.41) is 4.57. The van der Waals surface area contributed by atoms with Gasteiger partial charge in [-0.05, 0) is 24.3 Å². The predicted octanol–water partition coefficient (Wildman–Crippen LogP) is 2.26. The molecule has 1 aliphatic heterocycles. The molecule has 0 amide bonds. The van der Waals surface area contributed by atoms with E-state index in [0.29, 0.717) is 29.5 Å². The summed E-state index contributed by atoms with van der Waals surface area (Å²) in [6.45, 7) is 1.85. The van der Waals surface area contributed by atoms with E-state index < -0.39 is 6.10 Å². The minimum Gasteiger partial charge on any atom is -0.453 e. The average molecular weight is 266 g/mol. The van der Waals surface area contributed by atoms with E-state index in [2.05, 4.69) is 5.32 Å². The molecule has 3 rings (SSSR count). The molecule has 1 saturated heterocycles. The van der Waals surface area contributed by atoms with E-state index in [1.165, 1.54) is 0 Å². The van der Waals surface area contributed by atoms with Gasteiger partial charge in [0.1, 0.15) is 11.7 Å². The van der Waals surface area contributed by atoms with Gasteiger partial charge in [0.15, 0.2) is 5.76 Å². The highest BCUT2D eigenvalue weighted by Crippen LogP contribution is 2.24. The van der Waals surface area contributed by atoms with Crippen LogP contribution in [-0.2, 0) is 4.74 Å². The number of hydrogen-bond acceptors (Lipinski definition) is 4. The van der Waals surface area contributed by atoms with Crippen molar-refractivity contribution in [1.29, 1.82) is 0 Å². The Labute approximate surface area is 109 Å². The molecule has 5 heteroatoms. The van der Waals surface area contributed by atoms with Crippen LogP contribution in [-0.4, -0.2) is 31.6 Å². The van der Waals surface area contributed by atoms with Crippen LogP contribution in [0.3, 0.4) is 0 Å². The second kappa shape index (κ2) is 4.72. The van der Waals surface area contributed by atoms with E-state index in [-0.39, 0.29) is 5.78 Å². The van der Waals surface area contributed by atoms with Gasteiger partial charge in [-0.15, -0.1) is 0 Å². The number of hydrogen-bond donors (Lipinski definition) is 1. The maximum atomic E-state index is 12.2. The third-order valence-corrected chi connectivity index (χ3v) is 3.18. The number of fused-ring (bicyclic) bond motifs is 1. The molecule has 1 unspecified atom stereocenters. The first-order chi connectivity index (χ1) is 8.74. The summed E-state index contributed by atoms with van der Waals surface area (Å²) < 4.78 is 10.9. The second-order valence-corrected chi connectivity index (χ2v) is 4.66. The first-order valence-electron chi connectivity index (χ1n) is 5.80. The molecule has 0 radical (unpaired) electrons. The summed E-state index contributed by atoms with van der Waals surface area (Å²) in [6, 6.07) is 6.98. The Morgan fingerprint density at radius 2 is 2.28 bits per heavy atom. The number of nitrogens with one attached hydrogen (secondary N) is 1. The minimum atomic E-state index is -0.463. The van der Waals surface area contributed by atoms with Gasteiger partial charge in [-0.1, -0.05) is 11.6 Å². The molecule has 18 heavy (non-hydrogen) atoms. The van der Waals surface area contributed by atoms with Gasteiger partial charge in [0.2, 0.25) is 5.78 Å². The zero-order valence-electron chi connectivity index (χ0n) is 9.61. The van der Waals surface area contributed by atoms with Gasteiger partial charge in [-0.3, -0.25) is 4.79 Å². The van der Waals surface area contributed by atoms with Gasteiger partial charge >= 0.3 is 0 Å². The van der Waals surface area contributed by atoms with Crippen molar-refractivity contribution in [3.63, 3.8) is 0 Å². The van der Waals surface area contributed by atoms with Crippen molar-refractivity contribution in [1.82, 2.24) is 5.32 Å². The Kier molecular flexibility index (Phi) is 3.07. The van der Waals surface area contributed by atoms with Crippen LogP contribution in [0.4, 0.5) is 0 Å². The fourth-order valence-electron chi connectivity index (χ4n) is 2.03. The van der Waals surface area contributed by atoms with Gasteiger partial charge in [0.05, 0.1) is 6.61 Å². The molecular weight excluding hydrogens is 254 g/mol. The summed E-state index contributed by atoms with van der Waals surface area (Å²) >= 11 is 5.89. The standard InChI is InChI=1S/C13H12ClNO3/c14-9-1-2-10-8(5-9)6-11(18-10)13(16)12-7-15-3-4-17-12/h1-2,5-6,12,15H,3-4,7H2. The monoisotopic (exact) mass is 265 g/mol. The van der Waals surface area contributed by atoms with E-state index >= 15 is 0 Å². The molecule has 0 spiro atoms. The van der Waals surface area contributed by atoms with Crippen LogP contribution in [0.2, 0.25) is 5.02 Å². The molecule has 1 aromatic carbocycles. The van der Waals surface area contributed by atoms with E-state index in [0.717, 1.165) is 11.9 Å². The second-order valence-electron chi connectivity index (χ2n) is 4.22. The molecule has 0 saturated carbocycles. The van der Waals surface area contributed by atoms with Crippen molar-refractivity contribution in [3.05, 3.63) is 35.0 Å². The normalized spacial score (nSPS) is 20.2. The Hall–Kier alpha value is -1.36. The van der Waals surface area contributed by atoms with Crippen LogP contribution in [0.25, 0.3) is 11.0 Å². The Balaban J connectivity index is 1.91. The maximum Gasteiger partial charge on any atom is 0.227 e. The van der Waals surface area contributed by atoms with Crippen molar-refractivity contribution in [2.75, 3.05) is 19.7 Å². The lowest BCUT2D eigenvalue weighted by atomic mass is 10.1. The number of benzene rings is 1. The highest BCUT2D eigenvalue weighted by atomic mass is 35.5. The number of ketones is 1. The summed E-state index contributed by atoms with van der Waals surface area (Å²) in [4.78, 5) is 12.2. The van der Waals surface area contributed by atoms with E-state index in [1.807, 2.05) is 0 Å². The summed E-state index contributed by atoms with van der Waals surface area (Å²) in [7, 11) is 0. The number of ether oxygens (including phenoxy) is 1. The first kappa shape index (κ1) is 11.7. The fourth-order valence-corrected chi connectivity index (χ4v) is 2.21. The Morgan fingerprint density at radius 1 is 1.39 bits per heavy atom. The molecule has 1 fully saturated rings. The van der Waals surface area contributed by atoms with Gasteiger partial charge in [-0.25, -0.2) is 0 Å². The largest absolute Gasteiger partial charge is 0.453 e. The number of furan rings is 1. The lowest BCUT2D eigenvalue weighted by molar-refractivity contribution is 0.0251. The number of carbonyl (C=O) groups is 1. The molecule has 4 nitrogen and oxygen atoms in total. The third kappa shape index (κ3) is 2.14. The Morgan fingerprint density at radius 3 is 3.06 bits per heavy atom. The van der Waals surface area contributed by atoms with E-state index in [1.54, 1.807) is 24.3 Å². The number of morpholine rings is 1. The highest BCUT2D eigenvalue weighted by Gasteiger charge is 2.25. The average Bonchev–Trinajstić information content (AvgIpc) is 2.81. The van der Waals surface area contributed by atoms with Crippen LogP contribution in [0.1, 0.15) is 10.6 Å². The molecule has 2 aromatic rings. The van der Waals surface area contributed by atoms with Crippen molar-refractivity contribution in [3.8, 4) is 0 Å². The SMILES string of the molecule is O=C(c1cc2cc(Cl)ccc2o1)C1CNCCO1. The van der Waals surface area contributed by atoms with Crippen LogP contribution < -0.4 is 5.32 Å². The highest BCUT2D eigenvalue weighted by molar-refractivity contribution is 6.31. The molecule has 94 valence electrons. The summed E-state index contributed by atoms with van der Waals surface area (Å²) in [6.07, 6.45) is -0.463. The zero-order valence-corrected chi connectivity index (χ0v) is 10.4. The molecule has 2 heterocycles. The maximum absolute atomic E-state index is 12.2. The van der Waals surface area contributed by atoms with Crippen molar-refractivity contribution >= 4 is 28.4 Å². The number of halogens is 1. The smallest absolute Gasteiger partial charge is 0.227 e. The van der Waals surface area contributed by atoms with Crippen molar-refractivity contribution in [2.45, 2.75) is 6.10 Å². The summed E-state index contributed by atoms with van der Waals surface area (Å²) in [5.41, 5.74) is 0.659.